The van der Waals surface area contributed by atoms with Gasteiger partial charge in [-0.1, -0.05) is 28.1 Å². The molecular weight excluding hydrogens is 259 g/mol. The number of aliphatic hydroxyl groups is 1. The second kappa shape index (κ2) is 3.29. The van der Waals surface area contributed by atoms with Crippen molar-refractivity contribution in [3.05, 3.63) is 33.8 Å². The van der Waals surface area contributed by atoms with E-state index >= 15 is 0 Å². The fraction of sp³-hybridized carbons (Fsp3) is 0.500. The van der Waals surface area contributed by atoms with Crippen molar-refractivity contribution in [2.45, 2.75) is 38.0 Å². The summed E-state index contributed by atoms with van der Waals surface area (Å²) in [4.78, 5) is 0. The van der Waals surface area contributed by atoms with Crippen molar-refractivity contribution in [2.24, 2.45) is 0 Å². The first-order chi connectivity index (χ1) is 6.83. The van der Waals surface area contributed by atoms with Gasteiger partial charge in [-0.25, -0.2) is 4.39 Å². The van der Waals surface area contributed by atoms with Gasteiger partial charge >= 0.3 is 0 Å². The molecule has 0 amide bonds. The minimum Gasteiger partial charge on any atom is -0.385 e. The van der Waals surface area contributed by atoms with Crippen molar-refractivity contribution < 1.29 is 9.50 Å². The van der Waals surface area contributed by atoms with Gasteiger partial charge in [0.15, 0.2) is 0 Å². The van der Waals surface area contributed by atoms with E-state index < -0.39 is 11.3 Å². The normalized spacial score (nSPS) is 19.0. The first-order valence-electron chi connectivity index (χ1n) is 5.05. The van der Waals surface area contributed by atoms with Gasteiger partial charge in [-0.15, -0.1) is 0 Å². The minimum atomic E-state index is -1.36. The first kappa shape index (κ1) is 11.1. The third kappa shape index (κ3) is 2.08. The van der Waals surface area contributed by atoms with Crippen LogP contribution in [0, 0.1) is 0 Å². The summed E-state index contributed by atoms with van der Waals surface area (Å²) < 4.78 is 14.5. The smallest absolute Gasteiger partial charge is 0.131 e. The van der Waals surface area contributed by atoms with Gasteiger partial charge in [0.2, 0.25) is 0 Å². The van der Waals surface area contributed by atoms with Crippen LogP contribution < -0.4 is 0 Å². The van der Waals surface area contributed by atoms with Gasteiger partial charge in [-0.2, -0.15) is 0 Å². The molecule has 82 valence electrons. The van der Waals surface area contributed by atoms with Crippen LogP contribution in [-0.2, 0) is 11.3 Å². The number of hydrogen-bond donors (Lipinski definition) is 1. The molecule has 0 aliphatic heterocycles. The average molecular weight is 273 g/mol. The second-order valence-electron chi connectivity index (χ2n) is 4.70. The van der Waals surface area contributed by atoms with Crippen molar-refractivity contribution in [1.82, 2.24) is 0 Å². The maximum absolute atomic E-state index is 13.7. The summed E-state index contributed by atoms with van der Waals surface area (Å²) in [7, 11) is 0. The number of hydrogen-bond acceptors (Lipinski definition) is 1. The Morgan fingerprint density at radius 2 is 2.00 bits per heavy atom. The summed E-state index contributed by atoms with van der Waals surface area (Å²) in [6, 6.07) is 5.38. The number of halogens is 2. The molecule has 3 heteroatoms. The maximum Gasteiger partial charge on any atom is 0.131 e. The Balaban J connectivity index is 2.39. The monoisotopic (exact) mass is 272 g/mol. The first-order valence-corrected chi connectivity index (χ1v) is 5.84. The molecule has 1 fully saturated rings. The molecule has 1 nitrogen and oxygen atoms in total. The van der Waals surface area contributed by atoms with Gasteiger partial charge in [-0.3, -0.25) is 0 Å². The fourth-order valence-corrected chi connectivity index (χ4v) is 2.54. The largest absolute Gasteiger partial charge is 0.385 e. The maximum atomic E-state index is 13.7. The van der Waals surface area contributed by atoms with E-state index in [2.05, 4.69) is 15.9 Å². The molecular formula is C12H14BrFO. The second-order valence-corrected chi connectivity index (χ2v) is 5.55. The van der Waals surface area contributed by atoms with Crippen molar-refractivity contribution in [2.75, 3.05) is 0 Å². The summed E-state index contributed by atoms with van der Waals surface area (Å²) in [5, 5.41) is 9.90. The molecule has 0 atom stereocenters. The summed E-state index contributed by atoms with van der Waals surface area (Å²) in [5.41, 5.74) is -0.511. The minimum absolute atomic E-state index is 0.621. The lowest BCUT2D eigenvalue weighted by Crippen LogP contribution is -2.11. The highest BCUT2D eigenvalue weighted by atomic mass is 79.9. The Kier molecular flexibility index (Phi) is 2.43. The highest BCUT2D eigenvalue weighted by Crippen LogP contribution is 2.46. The molecule has 1 aliphatic carbocycles. The zero-order chi connectivity index (χ0) is 11.3. The molecule has 15 heavy (non-hydrogen) atoms. The van der Waals surface area contributed by atoms with Crippen molar-refractivity contribution >= 4 is 15.9 Å². The third-order valence-electron chi connectivity index (χ3n) is 2.87. The molecule has 0 saturated heterocycles. The average Bonchev–Trinajstić information content (AvgIpc) is 2.82. The van der Waals surface area contributed by atoms with Crippen LogP contribution in [0.5, 0.6) is 0 Å². The number of rotatable bonds is 2. The molecule has 0 spiro atoms. The van der Waals surface area contributed by atoms with Crippen LogP contribution in [0.1, 0.15) is 37.8 Å². The van der Waals surface area contributed by atoms with E-state index in [1.54, 1.807) is 6.07 Å². The third-order valence-corrected chi connectivity index (χ3v) is 3.53. The summed E-state index contributed by atoms with van der Waals surface area (Å²) in [6.07, 6.45) is 1.61. The summed E-state index contributed by atoms with van der Waals surface area (Å²) >= 11 is 3.35. The van der Waals surface area contributed by atoms with Crippen molar-refractivity contribution in [1.29, 1.82) is 0 Å². The molecule has 1 N–H and O–H groups in total. The van der Waals surface area contributed by atoms with Crippen LogP contribution >= 0.6 is 15.9 Å². The summed E-state index contributed by atoms with van der Waals surface area (Å²) in [6.45, 7) is 3.05. The molecule has 0 heterocycles. The Morgan fingerprint density at radius 3 is 2.40 bits per heavy atom. The molecule has 1 aliphatic rings. The quantitative estimate of drug-likeness (QED) is 0.872. The molecule has 1 aromatic carbocycles. The summed E-state index contributed by atoms with van der Waals surface area (Å²) in [5.74, 6) is 0. The van der Waals surface area contributed by atoms with Crippen LogP contribution in [0.2, 0.25) is 0 Å². The van der Waals surface area contributed by atoms with E-state index in [1.807, 2.05) is 12.1 Å². The molecule has 0 aromatic heterocycles. The van der Waals surface area contributed by atoms with Crippen LogP contribution in [0.25, 0.3) is 0 Å². The van der Waals surface area contributed by atoms with Gasteiger partial charge in [0.1, 0.15) is 5.67 Å². The van der Waals surface area contributed by atoms with E-state index in [4.69, 9.17) is 0 Å². The van der Waals surface area contributed by atoms with Gasteiger partial charge in [0.05, 0.1) is 5.60 Å². The Hall–Kier alpha value is -0.410. The van der Waals surface area contributed by atoms with Crippen molar-refractivity contribution in [3.8, 4) is 0 Å². The van der Waals surface area contributed by atoms with Crippen LogP contribution in [-0.4, -0.2) is 5.11 Å². The predicted octanol–water partition coefficient (Wildman–Crippen LogP) is 3.64. The van der Waals surface area contributed by atoms with E-state index in [-0.39, 0.29) is 0 Å². The lowest BCUT2D eigenvalue weighted by atomic mass is 9.97. The SMILES string of the molecule is CC(C)(F)c1ccc(C2(O)CC2)cc1Br. The predicted molar refractivity (Wildman–Crippen MR) is 61.4 cm³/mol. The Bertz CT molecular complexity index is 391. The molecule has 0 bridgehead atoms. The van der Waals surface area contributed by atoms with E-state index in [9.17, 15) is 9.50 Å². The Labute approximate surface area is 97.4 Å². The lowest BCUT2D eigenvalue weighted by molar-refractivity contribution is 0.151. The lowest BCUT2D eigenvalue weighted by Gasteiger charge is -2.18. The van der Waals surface area contributed by atoms with E-state index in [0.717, 1.165) is 22.9 Å². The Morgan fingerprint density at radius 1 is 1.40 bits per heavy atom. The molecule has 0 unspecified atom stereocenters. The fourth-order valence-electron chi connectivity index (χ4n) is 1.69. The highest BCUT2D eigenvalue weighted by molar-refractivity contribution is 9.10. The molecule has 1 saturated carbocycles. The van der Waals surface area contributed by atoms with Crippen LogP contribution in [0.4, 0.5) is 4.39 Å². The number of alkyl halides is 1. The zero-order valence-corrected chi connectivity index (χ0v) is 10.4. The van der Waals surface area contributed by atoms with Gasteiger partial charge < -0.3 is 5.11 Å². The number of benzene rings is 1. The standard InChI is InChI=1S/C12H14BrFO/c1-11(2,14)9-4-3-8(7-10(9)13)12(15)5-6-12/h3-4,7,15H,5-6H2,1-2H3. The zero-order valence-electron chi connectivity index (χ0n) is 8.85. The van der Waals surface area contributed by atoms with E-state index in [1.165, 1.54) is 13.8 Å². The van der Waals surface area contributed by atoms with Crippen LogP contribution in [0.3, 0.4) is 0 Å². The molecule has 1 aromatic rings. The molecule has 2 rings (SSSR count). The van der Waals surface area contributed by atoms with Crippen LogP contribution in [0.15, 0.2) is 22.7 Å². The van der Waals surface area contributed by atoms with Gasteiger partial charge in [-0.05, 0) is 38.3 Å². The van der Waals surface area contributed by atoms with Crippen molar-refractivity contribution in [3.63, 3.8) is 0 Å². The molecule has 0 radical (unpaired) electrons. The van der Waals surface area contributed by atoms with E-state index in [0.29, 0.717) is 5.56 Å². The topological polar surface area (TPSA) is 20.2 Å². The highest BCUT2D eigenvalue weighted by Gasteiger charge is 2.42. The van der Waals surface area contributed by atoms with Gasteiger partial charge in [0.25, 0.3) is 0 Å². The van der Waals surface area contributed by atoms with Gasteiger partial charge in [0, 0.05) is 10.0 Å².